The Kier molecular flexibility index (Phi) is 6.94. The highest BCUT2D eigenvalue weighted by atomic mass is 32.2. The van der Waals surface area contributed by atoms with Crippen LogP contribution in [0.1, 0.15) is 21.5 Å². The van der Waals surface area contributed by atoms with Gasteiger partial charge < -0.3 is 14.5 Å². The number of nitrogens with zero attached hydrogens (tertiary/aromatic N) is 3. The van der Waals surface area contributed by atoms with E-state index in [1.807, 2.05) is 56.3 Å². The number of ether oxygens (including phenoxy) is 1. The summed E-state index contributed by atoms with van der Waals surface area (Å²) >= 11 is 0. The molecule has 1 amide bonds. The van der Waals surface area contributed by atoms with E-state index in [-0.39, 0.29) is 10.8 Å². The van der Waals surface area contributed by atoms with Crippen molar-refractivity contribution in [1.82, 2.24) is 9.88 Å². The molecular formula is C29H30N4O4S. The smallest absolute Gasteiger partial charge is 0.261 e. The lowest BCUT2D eigenvalue weighted by Gasteiger charge is -2.36. The summed E-state index contributed by atoms with van der Waals surface area (Å²) in [6.45, 7) is 6.12. The number of piperazine rings is 1. The maximum Gasteiger partial charge on any atom is 0.261 e. The number of hydrogen-bond acceptors (Lipinski definition) is 6. The van der Waals surface area contributed by atoms with Crippen molar-refractivity contribution in [3.05, 3.63) is 89.6 Å². The number of sulfonamides is 1. The molecule has 5 rings (SSSR count). The monoisotopic (exact) mass is 530 g/mol. The van der Waals surface area contributed by atoms with Crippen LogP contribution in [0.4, 0.5) is 11.4 Å². The first-order valence-corrected chi connectivity index (χ1v) is 13.9. The van der Waals surface area contributed by atoms with E-state index >= 15 is 0 Å². The lowest BCUT2D eigenvalue weighted by Crippen LogP contribution is -2.49. The van der Waals surface area contributed by atoms with Crippen molar-refractivity contribution < 1.29 is 17.9 Å². The maximum absolute atomic E-state index is 13.5. The number of pyridine rings is 1. The molecule has 3 aromatic carbocycles. The molecule has 0 atom stereocenters. The van der Waals surface area contributed by atoms with Gasteiger partial charge in [-0.1, -0.05) is 30.3 Å². The van der Waals surface area contributed by atoms with Crippen LogP contribution >= 0.6 is 0 Å². The first-order chi connectivity index (χ1) is 18.3. The second-order valence-corrected chi connectivity index (χ2v) is 11.0. The van der Waals surface area contributed by atoms with Crippen LogP contribution in [0, 0.1) is 13.8 Å². The molecule has 1 saturated heterocycles. The van der Waals surface area contributed by atoms with Gasteiger partial charge in [-0.2, -0.15) is 0 Å². The quantitative estimate of drug-likeness (QED) is 0.391. The van der Waals surface area contributed by atoms with Crippen molar-refractivity contribution in [3.8, 4) is 5.75 Å². The third-order valence-corrected chi connectivity index (χ3v) is 8.34. The second-order valence-electron chi connectivity index (χ2n) is 9.36. The van der Waals surface area contributed by atoms with Gasteiger partial charge in [0.1, 0.15) is 5.75 Å². The summed E-state index contributed by atoms with van der Waals surface area (Å²) in [5.74, 6) is 0.617. The van der Waals surface area contributed by atoms with Gasteiger partial charge in [0.05, 0.1) is 28.9 Å². The molecule has 38 heavy (non-hydrogen) atoms. The van der Waals surface area contributed by atoms with E-state index in [2.05, 4.69) is 14.6 Å². The average molecular weight is 531 g/mol. The molecule has 0 bridgehead atoms. The predicted octanol–water partition coefficient (Wildman–Crippen LogP) is 4.62. The number of benzene rings is 3. The molecule has 1 N–H and O–H groups in total. The van der Waals surface area contributed by atoms with Gasteiger partial charge in [-0.05, 0) is 61.4 Å². The molecule has 2 heterocycles. The largest absolute Gasteiger partial charge is 0.495 e. The number of carbonyl (C=O) groups excluding carboxylic acids is 1. The van der Waals surface area contributed by atoms with Crippen molar-refractivity contribution in [2.24, 2.45) is 0 Å². The first kappa shape index (κ1) is 25.5. The molecular weight excluding hydrogens is 500 g/mol. The van der Waals surface area contributed by atoms with Gasteiger partial charge in [-0.15, -0.1) is 0 Å². The first-order valence-electron chi connectivity index (χ1n) is 12.4. The number of carbonyl (C=O) groups is 1. The third-order valence-electron chi connectivity index (χ3n) is 6.97. The molecule has 0 saturated carbocycles. The van der Waals surface area contributed by atoms with Crippen LogP contribution in [-0.2, 0) is 10.0 Å². The van der Waals surface area contributed by atoms with E-state index in [4.69, 9.17) is 4.74 Å². The van der Waals surface area contributed by atoms with Gasteiger partial charge in [-0.25, -0.2) is 8.42 Å². The summed E-state index contributed by atoms with van der Waals surface area (Å²) in [6.07, 6.45) is 1.63. The summed E-state index contributed by atoms with van der Waals surface area (Å²) in [6, 6.07) is 19.8. The molecule has 0 aliphatic carbocycles. The highest BCUT2D eigenvalue weighted by molar-refractivity contribution is 7.92. The topological polar surface area (TPSA) is 91.8 Å². The Morgan fingerprint density at radius 2 is 1.66 bits per heavy atom. The number of aromatic nitrogens is 1. The summed E-state index contributed by atoms with van der Waals surface area (Å²) < 4.78 is 34.9. The molecule has 1 aliphatic heterocycles. The normalized spacial score (nSPS) is 14.0. The van der Waals surface area contributed by atoms with Crippen molar-refractivity contribution in [2.45, 2.75) is 18.7 Å². The Morgan fingerprint density at radius 3 is 2.42 bits per heavy atom. The molecule has 1 aromatic heterocycles. The Hall–Kier alpha value is -4.11. The van der Waals surface area contributed by atoms with Crippen LogP contribution in [0.15, 0.2) is 77.8 Å². The summed E-state index contributed by atoms with van der Waals surface area (Å²) in [5, 5.41) is 0.875. The van der Waals surface area contributed by atoms with Crippen LogP contribution in [0.3, 0.4) is 0 Å². The van der Waals surface area contributed by atoms with E-state index < -0.39 is 10.0 Å². The van der Waals surface area contributed by atoms with Gasteiger partial charge in [0.2, 0.25) is 0 Å². The van der Waals surface area contributed by atoms with E-state index in [1.54, 1.807) is 30.3 Å². The Bertz CT molecular complexity index is 1610. The van der Waals surface area contributed by atoms with Gasteiger partial charge in [-0.3, -0.25) is 14.5 Å². The van der Waals surface area contributed by atoms with E-state index in [0.717, 1.165) is 28.0 Å². The number of aryl methyl sites for hydroxylation is 2. The average Bonchev–Trinajstić information content (AvgIpc) is 2.94. The highest BCUT2D eigenvalue weighted by Gasteiger charge is 2.26. The standard InChI is InChI=1S/C29H30N4O4S/c1-20-11-13-25(28-23(20)7-6-14-30-28)31-38(35,36)22-12-10-21(2)24(19-22)29(34)33-17-15-32(16-18-33)26-8-4-5-9-27(26)37-3/h4-14,19,31H,15-18H2,1-3H3. The number of amides is 1. The van der Waals surface area contributed by atoms with E-state index in [9.17, 15) is 13.2 Å². The van der Waals surface area contributed by atoms with Crippen molar-refractivity contribution in [2.75, 3.05) is 42.9 Å². The van der Waals surface area contributed by atoms with Gasteiger partial charge in [0, 0.05) is 43.3 Å². The van der Waals surface area contributed by atoms with Gasteiger partial charge in [0.25, 0.3) is 15.9 Å². The number of rotatable bonds is 6. The molecule has 4 aromatic rings. The molecule has 8 nitrogen and oxygen atoms in total. The lowest BCUT2D eigenvalue weighted by molar-refractivity contribution is 0.0745. The van der Waals surface area contributed by atoms with Crippen LogP contribution < -0.4 is 14.4 Å². The highest BCUT2D eigenvalue weighted by Crippen LogP contribution is 2.30. The fourth-order valence-corrected chi connectivity index (χ4v) is 5.90. The minimum atomic E-state index is -3.96. The molecule has 0 radical (unpaired) electrons. The maximum atomic E-state index is 13.5. The van der Waals surface area contributed by atoms with E-state index in [1.165, 1.54) is 12.1 Å². The van der Waals surface area contributed by atoms with Crippen LogP contribution in [0.5, 0.6) is 5.75 Å². The molecule has 9 heteroatoms. The van der Waals surface area contributed by atoms with Gasteiger partial charge in [0.15, 0.2) is 0 Å². The second kappa shape index (κ2) is 10.3. The van der Waals surface area contributed by atoms with Crippen LogP contribution in [-0.4, -0.2) is 57.5 Å². The zero-order valence-corrected chi connectivity index (χ0v) is 22.5. The SMILES string of the molecule is COc1ccccc1N1CCN(C(=O)c2cc(S(=O)(=O)Nc3ccc(C)c4cccnc34)ccc2C)CC1. The van der Waals surface area contributed by atoms with E-state index in [0.29, 0.717) is 42.9 Å². The van der Waals surface area contributed by atoms with Crippen molar-refractivity contribution in [3.63, 3.8) is 0 Å². The predicted molar refractivity (Wildman–Crippen MR) is 150 cm³/mol. The van der Waals surface area contributed by atoms with Crippen LogP contribution in [0.25, 0.3) is 10.9 Å². The number of hydrogen-bond donors (Lipinski definition) is 1. The van der Waals surface area contributed by atoms with Crippen molar-refractivity contribution in [1.29, 1.82) is 0 Å². The molecule has 196 valence electrons. The number of methoxy groups -OCH3 is 1. The number of nitrogens with one attached hydrogen (secondary N) is 1. The Morgan fingerprint density at radius 1 is 0.921 bits per heavy atom. The number of fused-ring (bicyclic) bond motifs is 1. The van der Waals surface area contributed by atoms with Gasteiger partial charge >= 0.3 is 0 Å². The van der Waals surface area contributed by atoms with Crippen LogP contribution in [0.2, 0.25) is 0 Å². The zero-order chi connectivity index (χ0) is 26.9. The molecule has 0 unspecified atom stereocenters. The molecule has 0 spiro atoms. The number of anilines is 2. The summed E-state index contributed by atoms with van der Waals surface area (Å²) in [4.78, 5) is 21.9. The third kappa shape index (κ3) is 4.89. The Labute approximate surface area is 222 Å². The minimum Gasteiger partial charge on any atom is -0.495 e. The fourth-order valence-electron chi connectivity index (χ4n) is 4.81. The summed E-state index contributed by atoms with van der Waals surface area (Å²) in [7, 11) is -2.31. The summed E-state index contributed by atoms with van der Waals surface area (Å²) in [5.41, 5.74) is 4.08. The molecule has 1 aliphatic rings. The Balaban J connectivity index is 1.36. The number of para-hydroxylation sites is 2. The minimum absolute atomic E-state index is 0.0313. The zero-order valence-electron chi connectivity index (χ0n) is 21.6. The fraction of sp³-hybridized carbons (Fsp3) is 0.241. The van der Waals surface area contributed by atoms with Crippen molar-refractivity contribution >= 4 is 38.2 Å². The lowest BCUT2D eigenvalue weighted by atomic mass is 10.1. The molecule has 1 fully saturated rings.